The number of hydrogen-bond acceptors (Lipinski definition) is 5. The number of ether oxygens (including phenoxy) is 2. The quantitative estimate of drug-likeness (QED) is 0.787. The first-order valence-electron chi connectivity index (χ1n) is 7.55. The van der Waals surface area contributed by atoms with Gasteiger partial charge in [-0.1, -0.05) is 6.07 Å². The van der Waals surface area contributed by atoms with Crippen molar-refractivity contribution < 1.29 is 32.6 Å². The molecule has 0 unspecified atom stereocenters. The number of carbonyl (C=O) groups excluding carboxylic acids is 3. The highest BCUT2D eigenvalue weighted by atomic mass is 19.1. The van der Waals surface area contributed by atoms with Gasteiger partial charge in [0, 0.05) is 5.56 Å². The maximum atomic E-state index is 13.6. The van der Waals surface area contributed by atoms with Crippen molar-refractivity contribution in [1.82, 2.24) is 5.32 Å². The molecule has 1 atom stereocenters. The molecule has 0 saturated carbocycles. The predicted molar refractivity (Wildman–Crippen MR) is 84.5 cm³/mol. The van der Waals surface area contributed by atoms with Crippen LogP contribution in [0.5, 0.6) is 0 Å². The lowest BCUT2D eigenvalue weighted by molar-refractivity contribution is -0.159. The molecule has 25 heavy (non-hydrogen) atoms. The fourth-order valence-electron chi connectivity index (χ4n) is 1.99. The van der Waals surface area contributed by atoms with E-state index in [-0.39, 0.29) is 0 Å². The molecule has 0 heterocycles. The standard InChI is InChI=1S/C17H21F2NO5/c1-17(2,3)25-15(22)9-13(16(23)24-4)20-14(21)8-10-11(18)6-5-7-12(10)19/h5-7,13H,8-9H2,1-4H3,(H,20,21)/t13-/m1/s1. The van der Waals surface area contributed by atoms with Crippen LogP contribution in [0, 0.1) is 11.6 Å². The summed E-state index contributed by atoms with van der Waals surface area (Å²) < 4.78 is 36.8. The van der Waals surface area contributed by atoms with Crippen molar-refractivity contribution in [2.24, 2.45) is 0 Å². The molecule has 8 heteroatoms. The number of hydrogen-bond donors (Lipinski definition) is 1. The first kappa shape index (κ1) is 20.5. The topological polar surface area (TPSA) is 81.7 Å². The van der Waals surface area contributed by atoms with Crippen LogP contribution in [-0.4, -0.2) is 36.6 Å². The first-order valence-corrected chi connectivity index (χ1v) is 7.55. The Kier molecular flexibility index (Phi) is 7.02. The van der Waals surface area contributed by atoms with Crippen molar-refractivity contribution in [3.63, 3.8) is 0 Å². The number of benzene rings is 1. The lowest BCUT2D eigenvalue weighted by Gasteiger charge is -2.22. The summed E-state index contributed by atoms with van der Waals surface area (Å²) in [7, 11) is 1.09. The van der Waals surface area contributed by atoms with Crippen molar-refractivity contribution in [2.45, 2.75) is 45.3 Å². The largest absolute Gasteiger partial charge is 0.467 e. The van der Waals surface area contributed by atoms with Crippen LogP contribution in [-0.2, 0) is 30.3 Å². The Bertz CT molecular complexity index is 635. The van der Waals surface area contributed by atoms with Crippen LogP contribution in [0.1, 0.15) is 32.8 Å². The summed E-state index contributed by atoms with van der Waals surface area (Å²) in [6.45, 7) is 4.95. The van der Waals surface area contributed by atoms with E-state index in [0.717, 1.165) is 19.2 Å². The van der Waals surface area contributed by atoms with Gasteiger partial charge in [-0.3, -0.25) is 9.59 Å². The Balaban J connectivity index is 2.79. The minimum atomic E-state index is -1.32. The number of carbonyl (C=O) groups is 3. The molecule has 6 nitrogen and oxygen atoms in total. The fourth-order valence-corrected chi connectivity index (χ4v) is 1.99. The molecule has 0 fully saturated rings. The molecule has 0 spiro atoms. The summed E-state index contributed by atoms with van der Waals surface area (Å²) in [6, 6.07) is 1.89. The normalized spacial score (nSPS) is 12.2. The molecule has 1 rings (SSSR count). The molecule has 1 aromatic carbocycles. The Morgan fingerprint density at radius 3 is 2.20 bits per heavy atom. The second-order valence-electron chi connectivity index (χ2n) is 6.31. The Morgan fingerprint density at radius 1 is 1.16 bits per heavy atom. The molecule has 0 radical (unpaired) electrons. The molecule has 0 aromatic heterocycles. The van der Waals surface area contributed by atoms with E-state index in [1.54, 1.807) is 20.8 Å². The minimum Gasteiger partial charge on any atom is -0.467 e. The molecule has 0 aliphatic carbocycles. The van der Waals surface area contributed by atoms with Gasteiger partial charge in [0.1, 0.15) is 23.3 Å². The molecule has 0 aliphatic heterocycles. The third-order valence-electron chi connectivity index (χ3n) is 3.01. The van der Waals surface area contributed by atoms with Crippen molar-refractivity contribution in [1.29, 1.82) is 0 Å². The van der Waals surface area contributed by atoms with Gasteiger partial charge in [0.2, 0.25) is 5.91 Å². The molecule has 0 saturated heterocycles. The third-order valence-corrected chi connectivity index (χ3v) is 3.01. The van der Waals surface area contributed by atoms with Gasteiger partial charge in [-0.2, -0.15) is 0 Å². The van der Waals surface area contributed by atoms with Gasteiger partial charge in [-0.15, -0.1) is 0 Å². The van der Waals surface area contributed by atoms with Crippen LogP contribution in [0.25, 0.3) is 0 Å². The third kappa shape index (κ3) is 6.86. The molecule has 138 valence electrons. The lowest BCUT2D eigenvalue weighted by Crippen LogP contribution is -2.44. The van der Waals surface area contributed by atoms with Crippen LogP contribution in [0.2, 0.25) is 0 Å². The van der Waals surface area contributed by atoms with E-state index in [1.165, 1.54) is 6.07 Å². The smallest absolute Gasteiger partial charge is 0.328 e. The van der Waals surface area contributed by atoms with Gasteiger partial charge in [-0.25, -0.2) is 13.6 Å². The number of rotatable bonds is 6. The summed E-state index contributed by atoms with van der Waals surface area (Å²) in [4.78, 5) is 35.6. The zero-order valence-corrected chi connectivity index (χ0v) is 14.5. The fraction of sp³-hybridized carbons (Fsp3) is 0.471. The molecule has 1 N–H and O–H groups in total. The van der Waals surface area contributed by atoms with Gasteiger partial charge in [-0.05, 0) is 32.9 Å². The number of methoxy groups -OCH3 is 1. The molecule has 0 aliphatic rings. The monoisotopic (exact) mass is 357 g/mol. The second-order valence-corrected chi connectivity index (χ2v) is 6.31. The van der Waals surface area contributed by atoms with Crippen molar-refractivity contribution >= 4 is 17.8 Å². The maximum Gasteiger partial charge on any atom is 0.328 e. The van der Waals surface area contributed by atoms with Crippen LogP contribution in [0.4, 0.5) is 8.78 Å². The Morgan fingerprint density at radius 2 is 1.72 bits per heavy atom. The average molecular weight is 357 g/mol. The van der Waals surface area contributed by atoms with Gasteiger partial charge in [0.25, 0.3) is 0 Å². The molecular weight excluding hydrogens is 336 g/mol. The van der Waals surface area contributed by atoms with Gasteiger partial charge >= 0.3 is 11.9 Å². The summed E-state index contributed by atoms with van der Waals surface area (Å²) in [6.07, 6.45) is -1.09. The molecule has 1 amide bonds. The van der Waals surface area contributed by atoms with Gasteiger partial charge in [0.15, 0.2) is 0 Å². The van der Waals surface area contributed by atoms with Crippen LogP contribution in [0.3, 0.4) is 0 Å². The van der Waals surface area contributed by atoms with Crippen molar-refractivity contribution in [3.05, 3.63) is 35.4 Å². The maximum absolute atomic E-state index is 13.6. The molecule has 0 bridgehead atoms. The van der Waals surface area contributed by atoms with E-state index in [4.69, 9.17) is 4.74 Å². The number of amides is 1. The molecular formula is C17H21F2NO5. The number of esters is 2. The number of halogens is 2. The highest BCUT2D eigenvalue weighted by Crippen LogP contribution is 2.13. The SMILES string of the molecule is COC(=O)[C@@H](CC(=O)OC(C)(C)C)NC(=O)Cc1c(F)cccc1F. The Labute approximate surface area is 144 Å². The lowest BCUT2D eigenvalue weighted by atomic mass is 10.1. The Hall–Kier alpha value is -2.51. The van der Waals surface area contributed by atoms with E-state index in [2.05, 4.69) is 10.1 Å². The predicted octanol–water partition coefficient (Wildman–Crippen LogP) is 1.90. The van der Waals surface area contributed by atoms with E-state index in [9.17, 15) is 23.2 Å². The van der Waals surface area contributed by atoms with Crippen LogP contribution >= 0.6 is 0 Å². The van der Waals surface area contributed by atoms with Crippen molar-refractivity contribution in [2.75, 3.05) is 7.11 Å². The number of nitrogens with one attached hydrogen (secondary N) is 1. The first-order chi connectivity index (χ1) is 11.5. The van der Waals surface area contributed by atoms with Gasteiger partial charge in [0.05, 0.1) is 20.0 Å². The highest BCUT2D eigenvalue weighted by Gasteiger charge is 2.28. The summed E-state index contributed by atoms with van der Waals surface area (Å²) >= 11 is 0. The minimum absolute atomic E-state index is 0.430. The summed E-state index contributed by atoms with van der Waals surface area (Å²) in [5, 5.41) is 2.24. The zero-order valence-electron chi connectivity index (χ0n) is 14.5. The van der Waals surface area contributed by atoms with Crippen molar-refractivity contribution in [3.8, 4) is 0 Å². The van der Waals surface area contributed by atoms with E-state index in [0.29, 0.717) is 0 Å². The van der Waals surface area contributed by atoms with E-state index >= 15 is 0 Å². The van der Waals surface area contributed by atoms with E-state index < -0.39 is 59.5 Å². The summed E-state index contributed by atoms with van der Waals surface area (Å²) in [5.41, 5.74) is -1.20. The van der Waals surface area contributed by atoms with Crippen LogP contribution < -0.4 is 5.32 Å². The summed E-state index contributed by atoms with van der Waals surface area (Å²) in [5.74, 6) is -4.18. The zero-order chi connectivity index (χ0) is 19.2. The van der Waals surface area contributed by atoms with Gasteiger partial charge < -0.3 is 14.8 Å². The highest BCUT2D eigenvalue weighted by molar-refractivity contribution is 5.88. The molecule has 1 aromatic rings. The van der Waals surface area contributed by atoms with E-state index in [1.807, 2.05) is 0 Å². The average Bonchev–Trinajstić information content (AvgIpc) is 2.47. The van der Waals surface area contributed by atoms with Crippen LogP contribution in [0.15, 0.2) is 18.2 Å². The second kappa shape index (κ2) is 8.55.